The lowest BCUT2D eigenvalue weighted by atomic mass is 10.0. The van der Waals surface area contributed by atoms with E-state index in [0.717, 1.165) is 32.7 Å². The molecule has 0 aromatic heterocycles. The molecule has 100 valence electrons. The summed E-state index contributed by atoms with van der Waals surface area (Å²) in [4.78, 5) is 0. The monoisotopic (exact) mass is 249 g/mol. The average molecular weight is 249 g/mol. The number of hydrogen-bond donors (Lipinski definition) is 1. The van der Waals surface area contributed by atoms with E-state index >= 15 is 0 Å². The molecular formula is C15H23NO2. The second kappa shape index (κ2) is 6.88. The van der Waals surface area contributed by atoms with Crippen LogP contribution in [0.4, 0.5) is 0 Å². The Hall–Kier alpha value is -0.900. The van der Waals surface area contributed by atoms with Crippen LogP contribution in [0, 0.1) is 12.8 Å². The van der Waals surface area contributed by atoms with Gasteiger partial charge in [-0.05, 0) is 31.2 Å². The molecule has 1 aliphatic heterocycles. The van der Waals surface area contributed by atoms with Gasteiger partial charge in [-0.1, -0.05) is 29.8 Å². The smallest absolute Gasteiger partial charge is 0.0947 e. The Morgan fingerprint density at radius 3 is 2.83 bits per heavy atom. The van der Waals surface area contributed by atoms with Crippen molar-refractivity contribution in [2.24, 2.45) is 11.7 Å². The van der Waals surface area contributed by atoms with E-state index in [-0.39, 0.29) is 6.10 Å². The van der Waals surface area contributed by atoms with E-state index in [2.05, 4.69) is 31.2 Å². The van der Waals surface area contributed by atoms with Gasteiger partial charge in [0, 0.05) is 19.8 Å². The van der Waals surface area contributed by atoms with Crippen LogP contribution in [0.3, 0.4) is 0 Å². The maximum absolute atomic E-state index is 5.99. The van der Waals surface area contributed by atoms with Gasteiger partial charge in [-0.3, -0.25) is 0 Å². The minimum atomic E-state index is 0.0211. The first kappa shape index (κ1) is 13.5. The second-order valence-corrected chi connectivity index (χ2v) is 5.03. The summed E-state index contributed by atoms with van der Waals surface area (Å²) in [6.45, 7) is 5.15. The van der Waals surface area contributed by atoms with Gasteiger partial charge >= 0.3 is 0 Å². The van der Waals surface area contributed by atoms with Gasteiger partial charge in [0.05, 0.1) is 12.7 Å². The first-order valence-electron chi connectivity index (χ1n) is 6.75. The molecule has 1 heterocycles. The Bertz CT molecular complexity index is 361. The van der Waals surface area contributed by atoms with Crippen LogP contribution in [0.5, 0.6) is 0 Å². The lowest BCUT2D eigenvalue weighted by Gasteiger charge is -2.25. The molecule has 1 aromatic rings. The summed E-state index contributed by atoms with van der Waals surface area (Å²) in [5.74, 6) is 0.623. The van der Waals surface area contributed by atoms with E-state index < -0.39 is 0 Å². The third-order valence-electron chi connectivity index (χ3n) is 3.50. The maximum atomic E-state index is 5.99. The molecule has 3 nitrogen and oxygen atoms in total. The molecule has 0 saturated carbocycles. The van der Waals surface area contributed by atoms with Crippen LogP contribution in [0.2, 0.25) is 0 Å². The Labute approximate surface area is 109 Å². The van der Waals surface area contributed by atoms with Crippen molar-refractivity contribution in [1.29, 1.82) is 0 Å². The zero-order chi connectivity index (χ0) is 12.8. The number of benzene rings is 1. The van der Waals surface area contributed by atoms with Crippen LogP contribution < -0.4 is 5.73 Å². The van der Waals surface area contributed by atoms with E-state index in [9.17, 15) is 0 Å². The summed E-state index contributed by atoms with van der Waals surface area (Å²) >= 11 is 0. The molecule has 3 heteroatoms. The maximum Gasteiger partial charge on any atom is 0.0947 e. The highest BCUT2D eigenvalue weighted by molar-refractivity contribution is 5.24. The number of rotatable bonds is 5. The van der Waals surface area contributed by atoms with Gasteiger partial charge in [-0.25, -0.2) is 0 Å². The molecule has 18 heavy (non-hydrogen) atoms. The predicted molar refractivity (Wildman–Crippen MR) is 72.5 cm³/mol. The van der Waals surface area contributed by atoms with Crippen LogP contribution >= 0.6 is 0 Å². The van der Waals surface area contributed by atoms with Gasteiger partial charge < -0.3 is 15.2 Å². The lowest BCUT2D eigenvalue weighted by Crippen LogP contribution is -2.24. The topological polar surface area (TPSA) is 44.5 Å². The molecule has 0 spiro atoms. The highest BCUT2D eigenvalue weighted by atomic mass is 16.5. The van der Waals surface area contributed by atoms with Crippen LogP contribution in [0.25, 0.3) is 0 Å². The van der Waals surface area contributed by atoms with Gasteiger partial charge in [0.1, 0.15) is 0 Å². The van der Waals surface area contributed by atoms with Gasteiger partial charge in [0.2, 0.25) is 0 Å². The Morgan fingerprint density at radius 2 is 2.17 bits per heavy atom. The fourth-order valence-corrected chi connectivity index (χ4v) is 2.34. The van der Waals surface area contributed by atoms with Gasteiger partial charge in [0.15, 0.2) is 0 Å². The lowest BCUT2D eigenvalue weighted by molar-refractivity contribution is -0.00874. The van der Waals surface area contributed by atoms with E-state index in [1.54, 1.807) is 0 Å². The van der Waals surface area contributed by atoms with Crippen LogP contribution in [0.1, 0.15) is 30.1 Å². The highest BCUT2D eigenvalue weighted by Crippen LogP contribution is 2.21. The van der Waals surface area contributed by atoms with Crippen molar-refractivity contribution in [1.82, 2.24) is 0 Å². The number of nitrogens with two attached hydrogens (primary N) is 1. The summed E-state index contributed by atoms with van der Waals surface area (Å²) < 4.78 is 11.3. The SMILES string of the molecule is Cc1cccc(C(CN)OCC2CCOCC2)c1. The molecular weight excluding hydrogens is 226 g/mol. The predicted octanol–water partition coefficient (Wildman–Crippen LogP) is 2.44. The molecule has 1 fully saturated rings. The molecule has 1 atom stereocenters. The summed E-state index contributed by atoms with van der Waals surface area (Å²) in [6.07, 6.45) is 2.23. The van der Waals surface area contributed by atoms with Crippen molar-refractivity contribution in [2.45, 2.75) is 25.9 Å². The van der Waals surface area contributed by atoms with Gasteiger partial charge in [0.25, 0.3) is 0 Å². The molecule has 0 amide bonds. The fourth-order valence-electron chi connectivity index (χ4n) is 2.34. The molecule has 1 saturated heterocycles. The minimum Gasteiger partial charge on any atom is -0.381 e. The van der Waals surface area contributed by atoms with Crippen molar-refractivity contribution in [3.63, 3.8) is 0 Å². The van der Waals surface area contributed by atoms with Crippen molar-refractivity contribution < 1.29 is 9.47 Å². The molecule has 2 N–H and O–H groups in total. The third kappa shape index (κ3) is 3.80. The zero-order valence-corrected chi connectivity index (χ0v) is 11.1. The van der Waals surface area contributed by atoms with E-state index in [0.29, 0.717) is 12.5 Å². The molecule has 2 rings (SSSR count). The molecule has 0 aliphatic carbocycles. The van der Waals surface area contributed by atoms with Gasteiger partial charge in [-0.2, -0.15) is 0 Å². The number of ether oxygens (including phenoxy) is 2. The summed E-state index contributed by atoms with van der Waals surface area (Å²) in [6, 6.07) is 8.40. The number of hydrogen-bond acceptors (Lipinski definition) is 3. The third-order valence-corrected chi connectivity index (χ3v) is 3.50. The van der Waals surface area contributed by atoms with E-state index in [4.69, 9.17) is 15.2 Å². The Morgan fingerprint density at radius 1 is 1.39 bits per heavy atom. The standard InChI is InChI=1S/C15H23NO2/c1-12-3-2-4-14(9-12)15(10-16)18-11-13-5-7-17-8-6-13/h2-4,9,13,15H,5-8,10-11,16H2,1H3. The second-order valence-electron chi connectivity index (χ2n) is 5.03. The van der Waals surface area contributed by atoms with Gasteiger partial charge in [-0.15, -0.1) is 0 Å². The van der Waals surface area contributed by atoms with E-state index in [1.807, 2.05) is 0 Å². The van der Waals surface area contributed by atoms with Crippen LogP contribution in [0.15, 0.2) is 24.3 Å². The highest BCUT2D eigenvalue weighted by Gasteiger charge is 2.17. The first-order valence-corrected chi connectivity index (χ1v) is 6.75. The van der Waals surface area contributed by atoms with Crippen molar-refractivity contribution in [2.75, 3.05) is 26.4 Å². The normalized spacial score (nSPS) is 18.8. The molecule has 0 radical (unpaired) electrons. The van der Waals surface area contributed by atoms with Crippen LogP contribution in [-0.4, -0.2) is 26.4 Å². The van der Waals surface area contributed by atoms with Crippen molar-refractivity contribution >= 4 is 0 Å². The average Bonchev–Trinajstić information content (AvgIpc) is 2.41. The summed E-state index contributed by atoms with van der Waals surface area (Å²) in [5, 5.41) is 0. The molecule has 1 aliphatic rings. The fraction of sp³-hybridized carbons (Fsp3) is 0.600. The van der Waals surface area contributed by atoms with Crippen LogP contribution in [-0.2, 0) is 9.47 Å². The van der Waals surface area contributed by atoms with Crippen molar-refractivity contribution in [3.05, 3.63) is 35.4 Å². The van der Waals surface area contributed by atoms with Crippen molar-refractivity contribution in [3.8, 4) is 0 Å². The first-order chi connectivity index (χ1) is 8.79. The summed E-state index contributed by atoms with van der Waals surface area (Å²) in [7, 11) is 0. The summed E-state index contributed by atoms with van der Waals surface area (Å²) in [5.41, 5.74) is 8.26. The molecule has 1 unspecified atom stereocenters. The van der Waals surface area contributed by atoms with E-state index in [1.165, 1.54) is 11.1 Å². The minimum absolute atomic E-state index is 0.0211. The molecule has 1 aromatic carbocycles. The quantitative estimate of drug-likeness (QED) is 0.871. The number of aryl methyl sites for hydroxylation is 1. The Balaban J connectivity index is 1.88. The largest absolute Gasteiger partial charge is 0.381 e. The Kier molecular flexibility index (Phi) is 5.17. The molecule has 0 bridgehead atoms. The zero-order valence-electron chi connectivity index (χ0n) is 11.1.